The number of hydrogen-bond donors (Lipinski definition) is 1. The molecule has 1 N–H and O–H groups in total. The number of likely N-dealkylation sites (tertiary alicyclic amines) is 1. The van der Waals surface area contributed by atoms with Crippen molar-refractivity contribution < 1.29 is 0 Å². The van der Waals surface area contributed by atoms with Crippen LogP contribution in [0.2, 0.25) is 0 Å². The van der Waals surface area contributed by atoms with E-state index in [1.807, 2.05) is 0 Å². The Labute approximate surface area is 105 Å². The van der Waals surface area contributed by atoms with E-state index >= 15 is 0 Å². The van der Waals surface area contributed by atoms with Gasteiger partial charge in [-0.1, -0.05) is 6.42 Å². The molecule has 0 spiro atoms. The lowest BCUT2D eigenvalue weighted by Gasteiger charge is -2.31. The number of fused-ring (bicyclic) bond motifs is 1. The molecule has 0 amide bonds. The summed E-state index contributed by atoms with van der Waals surface area (Å²) in [6, 6.07) is 3.67. The molecule has 1 unspecified atom stereocenters. The van der Waals surface area contributed by atoms with Crippen molar-refractivity contribution in [2.75, 3.05) is 13.6 Å². The minimum atomic E-state index is 0.00262. The fourth-order valence-electron chi connectivity index (χ4n) is 2.67. The predicted octanol–water partition coefficient (Wildman–Crippen LogP) is 1.05. The van der Waals surface area contributed by atoms with Gasteiger partial charge >= 0.3 is 0 Å². The predicted molar refractivity (Wildman–Crippen MR) is 69.8 cm³/mol. The van der Waals surface area contributed by atoms with Crippen molar-refractivity contribution in [1.29, 1.82) is 0 Å². The molecule has 2 aromatic heterocycles. The highest BCUT2D eigenvalue weighted by atomic mass is 16.1. The molecule has 0 aromatic carbocycles. The largest absolute Gasteiger partial charge is 0.303 e. The number of aromatic amines is 1. The van der Waals surface area contributed by atoms with Crippen LogP contribution in [0.15, 0.2) is 23.1 Å². The molecule has 1 atom stereocenters. The van der Waals surface area contributed by atoms with Crippen molar-refractivity contribution in [3.8, 4) is 0 Å². The van der Waals surface area contributed by atoms with Crippen LogP contribution in [0.5, 0.6) is 0 Å². The van der Waals surface area contributed by atoms with Crippen LogP contribution in [0.3, 0.4) is 0 Å². The van der Waals surface area contributed by atoms with Crippen LogP contribution in [0.4, 0.5) is 0 Å². The Hall–Kier alpha value is -1.62. The highest BCUT2D eigenvalue weighted by molar-refractivity contribution is 5.36. The molecule has 18 heavy (non-hydrogen) atoms. The summed E-state index contributed by atoms with van der Waals surface area (Å²) in [6.07, 6.45) is 6.48. The van der Waals surface area contributed by atoms with Gasteiger partial charge in [-0.25, -0.2) is 9.50 Å². The second-order valence-corrected chi connectivity index (χ2v) is 5.10. The molecule has 1 aliphatic heterocycles. The summed E-state index contributed by atoms with van der Waals surface area (Å²) in [4.78, 5) is 18.1. The smallest absolute Gasteiger partial charge is 0.183 e. The monoisotopic (exact) mass is 246 g/mol. The number of H-pyrrole nitrogens is 1. The van der Waals surface area contributed by atoms with Gasteiger partial charge in [-0.15, -0.1) is 0 Å². The quantitative estimate of drug-likeness (QED) is 0.861. The minimum Gasteiger partial charge on any atom is -0.303 e. The van der Waals surface area contributed by atoms with Crippen LogP contribution in [0.25, 0.3) is 5.65 Å². The average Bonchev–Trinajstić information content (AvgIpc) is 2.73. The molecule has 1 fully saturated rings. The second kappa shape index (κ2) is 4.57. The van der Waals surface area contributed by atoms with Crippen molar-refractivity contribution in [3.63, 3.8) is 0 Å². The Bertz CT molecular complexity index is 600. The number of rotatable bonds is 2. The minimum absolute atomic E-state index is 0.00262. The van der Waals surface area contributed by atoms with Crippen molar-refractivity contribution in [3.05, 3.63) is 34.4 Å². The number of hydrogen-bond acceptors (Lipinski definition) is 3. The molecule has 0 bridgehead atoms. The normalized spacial score (nSPS) is 21.5. The maximum atomic E-state index is 11.3. The lowest BCUT2D eigenvalue weighted by atomic mass is 10.00. The second-order valence-electron chi connectivity index (χ2n) is 5.10. The first kappa shape index (κ1) is 11.5. The van der Waals surface area contributed by atoms with Crippen molar-refractivity contribution in [1.82, 2.24) is 19.5 Å². The maximum absolute atomic E-state index is 11.3. The summed E-state index contributed by atoms with van der Waals surface area (Å²) in [7, 11) is 2.18. The van der Waals surface area contributed by atoms with Gasteiger partial charge in [0.1, 0.15) is 5.82 Å². The maximum Gasteiger partial charge on any atom is 0.183 e. The zero-order valence-corrected chi connectivity index (χ0v) is 10.6. The summed E-state index contributed by atoms with van der Waals surface area (Å²) >= 11 is 0. The highest BCUT2D eigenvalue weighted by Crippen LogP contribution is 2.17. The zero-order valence-electron chi connectivity index (χ0n) is 10.6. The van der Waals surface area contributed by atoms with Crippen LogP contribution < -0.4 is 5.43 Å². The van der Waals surface area contributed by atoms with Gasteiger partial charge in [-0.3, -0.25) is 9.89 Å². The van der Waals surface area contributed by atoms with E-state index in [-0.39, 0.29) is 5.43 Å². The molecule has 0 aliphatic carbocycles. The fourth-order valence-corrected chi connectivity index (χ4v) is 2.67. The van der Waals surface area contributed by atoms with E-state index in [9.17, 15) is 4.79 Å². The lowest BCUT2D eigenvalue weighted by Crippen LogP contribution is -2.37. The summed E-state index contributed by atoms with van der Waals surface area (Å²) in [5.41, 5.74) is 0.707. The first-order chi connectivity index (χ1) is 8.72. The van der Waals surface area contributed by atoms with Gasteiger partial charge in [0, 0.05) is 30.8 Å². The van der Waals surface area contributed by atoms with Crippen LogP contribution in [-0.4, -0.2) is 39.1 Å². The third-order valence-electron chi connectivity index (χ3n) is 3.76. The van der Waals surface area contributed by atoms with E-state index < -0.39 is 0 Å². The third kappa shape index (κ3) is 2.18. The fraction of sp³-hybridized carbons (Fsp3) is 0.538. The van der Waals surface area contributed by atoms with E-state index in [0.29, 0.717) is 11.7 Å². The van der Waals surface area contributed by atoms with Gasteiger partial charge in [0.2, 0.25) is 0 Å². The van der Waals surface area contributed by atoms with Crippen molar-refractivity contribution in [2.24, 2.45) is 0 Å². The Balaban J connectivity index is 1.83. The summed E-state index contributed by atoms with van der Waals surface area (Å²) in [6.45, 7) is 1.17. The van der Waals surface area contributed by atoms with Gasteiger partial charge in [0.05, 0.1) is 0 Å². The summed E-state index contributed by atoms with van der Waals surface area (Å²) < 4.78 is 1.81. The number of aromatic nitrogens is 3. The molecule has 1 saturated heterocycles. The van der Waals surface area contributed by atoms with Gasteiger partial charge < -0.3 is 4.90 Å². The number of nitrogens with one attached hydrogen (secondary N) is 1. The summed E-state index contributed by atoms with van der Waals surface area (Å²) in [5, 5.41) is 3.23. The van der Waals surface area contributed by atoms with E-state index in [1.165, 1.54) is 25.8 Å². The van der Waals surface area contributed by atoms with E-state index in [1.54, 1.807) is 22.8 Å². The molecule has 3 rings (SSSR count). The molecule has 5 nitrogen and oxygen atoms in total. The Morgan fingerprint density at radius 1 is 1.50 bits per heavy atom. The zero-order chi connectivity index (χ0) is 12.5. The molecule has 3 heterocycles. The van der Waals surface area contributed by atoms with Crippen LogP contribution >= 0.6 is 0 Å². The van der Waals surface area contributed by atoms with Crippen LogP contribution in [0, 0.1) is 0 Å². The first-order valence-corrected chi connectivity index (χ1v) is 6.50. The Kier molecular flexibility index (Phi) is 2.91. The van der Waals surface area contributed by atoms with Crippen molar-refractivity contribution >= 4 is 5.65 Å². The molecule has 5 heteroatoms. The van der Waals surface area contributed by atoms with Crippen LogP contribution in [-0.2, 0) is 6.42 Å². The van der Waals surface area contributed by atoms with Crippen molar-refractivity contribution in [2.45, 2.75) is 31.7 Å². The SMILES string of the molecule is CN1CCCCC1Cc1nc2cc(=O)ccn2[nH]1. The lowest BCUT2D eigenvalue weighted by molar-refractivity contribution is 0.182. The first-order valence-electron chi connectivity index (χ1n) is 6.50. The molecule has 1 aliphatic rings. The molecule has 0 radical (unpaired) electrons. The van der Waals surface area contributed by atoms with Gasteiger partial charge in [-0.2, -0.15) is 0 Å². The van der Waals surface area contributed by atoms with Crippen LogP contribution in [0.1, 0.15) is 25.1 Å². The Morgan fingerprint density at radius 3 is 3.22 bits per heavy atom. The van der Waals surface area contributed by atoms with Gasteiger partial charge in [0.15, 0.2) is 11.1 Å². The standard InChI is InChI=1S/C13H18N4O/c1-16-6-3-2-4-10(16)8-12-14-13-9-11(18)5-7-17(13)15-12/h5,7,9-10H,2-4,6,8H2,1H3,(H,14,15). The van der Waals surface area contributed by atoms with Gasteiger partial charge in [0.25, 0.3) is 0 Å². The number of likely N-dealkylation sites (N-methyl/N-ethyl adjacent to an activating group) is 1. The Morgan fingerprint density at radius 2 is 2.39 bits per heavy atom. The van der Waals surface area contributed by atoms with Gasteiger partial charge in [-0.05, 0) is 26.4 Å². The molecule has 0 saturated carbocycles. The molecular weight excluding hydrogens is 228 g/mol. The number of piperidine rings is 1. The topological polar surface area (TPSA) is 53.4 Å². The highest BCUT2D eigenvalue weighted by Gasteiger charge is 2.20. The number of pyridine rings is 1. The molecule has 2 aromatic rings. The summed E-state index contributed by atoms with van der Waals surface area (Å²) in [5.74, 6) is 0.958. The average molecular weight is 246 g/mol. The number of nitrogens with zero attached hydrogens (tertiary/aromatic N) is 3. The van der Waals surface area contributed by atoms with E-state index in [2.05, 4.69) is 22.0 Å². The molecule has 96 valence electrons. The third-order valence-corrected chi connectivity index (χ3v) is 3.76. The van der Waals surface area contributed by atoms with E-state index in [4.69, 9.17) is 0 Å². The molecular formula is C13H18N4O. The van der Waals surface area contributed by atoms with E-state index in [0.717, 1.165) is 12.2 Å².